The summed E-state index contributed by atoms with van der Waals surface area (Å²) in [6.07, 6.45) is 0. The minimum absolute atomic E-state index is 0.0236. The molecule has 1 aromatic rings. The van der Waals surface area contributed by atoms with Gasteiger partial charge < -0.3 is 9.80 Å². The number of hydrogen-bond donors (Lipinski definition) is 0. The number of hydrogen-bond acceptors (Lipinski definition) is 3. The van der Waals surface area contributed by atoms with Crippen molar-refractivity contribution in [2.45, 2.75) is 13.8 Å². The zero-order valence-electron chi connectivity index (χ0n) is 11.1. The number of piperazine rings is 1. The molecule has 4 nitrogen and oxygen atoms in total. The SMILES string of the molecule is CC(C)C(=O)N1CCN(C(=O)c2cc(Br)cs2)CC1. The van der Waals surface area contributed by atoms with Crippen LogP contribution in [-0.4, -0.2) is 47.8 Å². The highest BCUT2D eigenvalue weighted by Gasteiger charge is 2.26. The van der Waals surface area contributed by atoms with Gasteiger partial charge in [-0.1, -0.05) is 13.8 Å². The molecule has 0 bridgehead atoms. The van der Waals surface area contributed by atoms with Gasteiger partial charge in [0.05, 0.1) is 4.88 Å². The van der Waals surface area contributed by atoms with E-state index in [0.717, 1.165) is 9.35 Å². The van der Waals surface area contributed by atoms with E-state index in [0.29, 0.717) is 26.2 Å². The van der Waals surface area contributed by atoms with Gasteiger partial charge in [-0.05, 0) is 22.0 Å². The van der Waals surface area contributed by atoms with Crippen LogP contribution < -0.4 is 0 Å². The Morgan fingerprint density at radius 3 is 2.26 bits per heavy atom. The molecule has 0 aliphatic carbocycles. The molecule has 1 aliphatic rings. The van der Waals surface area contributed by atoms with E-state index in [4.69, 9.17) is 0 Å². The van der Waals surface area contributed by atoms with Crippen LogP contribution in [0.3, 0.4) is 0 Å². The molecular formula is C13H17BrN2O2S. The Balaban J connectivity index is 1.93. The number of halogens is 1. The molecule has 2 rings (SSSR count). The lowest BCUT2D eigenvalue weighted by molar-refractivity contribution is -0.135. The summed E-state index contributed by atoms with van der Waals surface area (Å²) in [4.78, 5) is 28.5. The summed E-state index contributed by atoms with van der Waals surface area (Å²) in [5, 5.41) is 1.91. The first-order chi connectivity index (χ1) is 8.99. The molecule has 0 saturated carbocycles. The van der Waals surface area contributed by atoms with E-state index in [2.05, 4.69) is 15.9 Å². The fourth-order valence-corrected chi connectivity index (χ4v) is 3.47. The Morgan fingerprint density at radius 1 is 1.21 bits per heavy atom. The van der Waals surface area contributed by atoms with E-state index in [1.54, 1.807) is 0 Å². The fourth-order valence-electron chi connectivity index (χ4n) is 2.08. The molecule has 2 amide bonds. The summed E-state index contributed by atoms with van der Waals surface area (Å²) in [6.45, 7) is 6.32. The lowest BCUT2D eigenvalue weighted by atomic mass is 10.1. The van der Waals surface area contributed by atoms with E-state index in [1.807, 2.05) is 35.1 Å². The number of nitrogens with zero attached hydrogens (tertiary/aromatic N) is 2. The minimum atomic E-state index is 0.0236. The summed E-state index contributed by atoms with van der Waals surface area (Å²) >= 11 is 4.80. The van der Waals surface area contributed by atoms with Crippen LogP contribution in [0.2, 0.25) is 0 Å². The maximum absolute atomic E-state index is 12.2. The highest BCUT2D eigenvalue weighted by Crippen LogP contribution is 2.21. The molecule has 19 heavy (non-hydrogen) atoms. The van der Waals surface area contributed by atoms with Crippen molar-refractivity contribution in [2.24, 2.45) is 5.92 Å². The maximum Gasteiger partial charge on any atom is 0.264 e. The molecular weight excluding hydrogens is 328 g/mol. The third kappa shape index (κ3) is 3.36. The van der Waals surface area contributed by atoms with Gasteiger partial charge in [0.2, 0.25) is 5.91 Å². The number of amides is 2. The van der Waals surface area contributed by atoms with Gasteiger partial charge in [-0.3, -0.25) is 9.59 Å². The molecule has 6 heteroatoms. The second-order valence-electron chi connectivity index (χ2n) is 4.90. The van der Waals surface area contributed by atoms with Crippen molar-refractivity contribution in [3.05, 3.63) is 20.8 Å². The van der Waals surface area contributed by atoms with E-state index in [-0.39, 0.29) is 17.7 Å². The van der Waals surface area contributed by atoms with Crippen LogP contribution in [0.5, 0.6) is 0 Å². The summed E-state index contributed by atoms with van der Waals surface area (Å²) < 4.78 is 0.939. The molecule has 0 spiro atoms. The Labute approximate surface area is 125 Å². The standard InChI is InChI=1S/C13H17BrN2O2S/c1-9(2)12(17)15-3-5-16(6-4-15)13(18)11-7-10(14)8-19-11/h7-9H,3-6H2,1-2H3. The number of rotatable bonds is 2. The molecule has 0 unspecified atom stereocenters. The van der Waals surface area contributed by atoms with Gasteiger partial charge in [0.25, 0.3) is 5.91 Å². The summed E-state index contributed by atoms with van der Waals surface area (Å²) in [5.41, 5.74) is 0. The average Bonchev–Trinajstić information content (AvgIpc) is 2.84. The van der Waals surface area contributed by atoms with Crippen LogP contribution in [0.1, 0.15) is 23.5 Å². The first-order valence-corrected chi connectivity index (χ1v) is 7.98. The van der Waals surface area contributed by atoms with Crippen molar-refractivity contribution < 1.29 is 9.59 Å². The predicted molar refractivity (Wildman–Crippen MR) is 79.3 cm³/mol. The van der Waals surface area contributed by atoms with E-state index in [1.165, 1.54) is 11.3 Å². The van der Waals surface area contributed by atoms with Gasteiger partial charge in [-0.25, -0.2) is 0 Å². The van der Waals surface area contributed by atoms with Crippen LogP contribution in [-0.2, 0) is 4.79 Å². The quantitative estimate of drug-likeness (QED) is 0.826. The monoisotopic (exact) mass is 344 g/mol. The van der Waals surface area contributed by atoms with Crippen molar-refractivity contribution in [1.29, 1.82) is 0 Å². The van der Waals surface area contributed by atoms with Crippen LogP contribution in [0.4, 0.5) is 0 Å². The van der Waals surface area contributed by atoms with Crippen molar-refractivity contribution in [2.75, 3.05) is 26.2 Å². The average molecular weight is 345 g/mol. The predicted octanol–water partition coefficient (Wildman–Crippen LogP) is 2.45. The van der Waals surface area contributed by atoms with Crippen LogP contribution in [0, 0.1) is 5.92 Å². The summed E-state index contributed by atoms with van der Waals surface area (Å²) in [6, 6.07) is 1.85. The summed E-state index contributed by atoms with van der Waals surface area (Å²) in [7, 11) is 0. The lowest BCUT2D eigenvalue weighted by Crippen LogP contribution is -2.51. The highest BCUT2D eigenvalue weighted by molar-refractivity contribution is 9.10. The largest absolute Gasteiger partial charge is 0.339 e. The number of carbonyl (C=O) groups is 2. The molecule has 104 valence electrons. The van der Waals surface area contributed by atoms with Gasteiger partial charge in [-0.15, -0.1) is 11.3 Å². The van der Waals surface area contributed by atoms with Crippen molar-refractivity contribution in [1.82, 2.24) is 9.80 Å². The Bertz CT molecular complexity index is 479. The third-order valence-electron chi connectivity index (χ3n) is 3.15. The molecule has 1 aromatic heterocycles. The van der Waals surface area contributed by atoms with E-state index < -0.39 is 0 Å². The van der Waals surface area contributed by atoms with Crippen LogP contribution in [0.25, 0.3) is 0 Å². The van der Waals surface area contributed by atoms with E-state index >= 15 is 0 Å². The van der Waals surface area contributed by atoms with Crippen LogP contribution in [0.15, 0.2) is 15.9 Å². The van der Waals surface area contributed by atoms with Gasteiger partial charge >= 0.3 is 0 Å². The smallest absolute Gasteiger partial charge is 0.264 e. The van der Waals surface area contributed by atoms with Crippen molar-refractivity contribution in [3.8, 4) is 0 Å². The third-order valence-corrected chi connectivity index (χ3v) is 4.83. The zero-order chi connectivity index (χ0) is 14.0. The first kappa shape index (κ1) is 14.5. The van der Waals surface area contributed by atoms with Gasteiger partial charge in [0.15, 0.2) is 0 Å². The highest BCUT2D eigenvalue weighted by atomic mass is 79.9. The molecule has 1 aliphatic heterocycles. The van der Waals surface area contributed by atoms with Crippen LogP contribution >= 0.6 is 27.3 Å². The molecule has 1 saturated heterocycles. The zero-order valence-corrected chi connectivity index (χ0v) is 13.5. The summed E-state index contributed by atoms with van der Waals surface area (Å²) in [5.74, 6) is 0.258. The number of thiophene rings is 1. The van der Waals surface area contributed by atoms with Gasteiger partial charge in [0, 0.05) is 41.9 Å². The molecule has 2 heterocycles. The normalized spacial score (nSPS) is 16.0. The lowest BCUT2D eigenvalue weighted by Gasteiger charge is -2.35. The molecule has 0 atom stereocenters. The molecule has 1 fully saturated rings. The Kier molecular flexibility index (Phi) is 4.62. The fraction of sp³-hybridized carbons (Fsp3) is 0.538. The van der Waals surface area contributed by atoms with E-state index in [9.17, 15) is 9.59 Å². The topological polar surface area (TPSA) is 40.6 Å². The number of carbonyl (C=O) groups excluding carboxylic acids is 2. The molecule has 0 aromatic carbocycles. The first-order valence-electron chi connectivity index (χ1n) is 6.31. The maximum atomic E-state index is 12.2. The van der Waals surface area contributed by atoms with Gasteiger partial charge in [0.1, 0.15) is 0 Å². The molecule has 0 radical (unpaired) electrons. The van der Waals surface area contributed by atoms with Crippen molar-refractivity contribution >= 4 is 39.1 Å². The van der Waals surface area contributed by atoms with Crippen molar-refractivity contribution in [3.63, 3.8) is 0 Å². The Morgan fingerprint density at radius 2 is 1.79 bits per heavy atom. The second-order valence-corrected chi connectivity index (χ2v) is 6.73. The molecule has 0 N–H and O–H groups in total. The van der Waals surface area contributed by atoms with Gasteiger partial charge in [-0.2, -0.15) is 0 Å². The second kappa shape index (κ2) is 6.05. The Hall–Kier alpha value is -0.880. The minimum Gasteiger partial charge on any atom is -0.339 e.